The molecule has 84 valence electrons. The van der Waals surface area contributed by atoms with E-state index in [0.29, 0.717) is 12.5 Å². The van der Waals surface area contributed by atoms with Gasteiger partial charge in [0.1, 0.15) is 0 Å². The van der Waals surface area contributed by atoms with E-state index in [-0.39, 0.29) is 5.56 Å². The largest absolute Gasteiger partial charge is 0.381 e. The zero-order valence-corrected chi connectivity index (χ0v) is 8.95. The van der Waals surface area contributed by atoms with E-state index in [4.69, 9.17) is 10.5 Å². The minimum atomic E-state index is -0.000933. The van der Waals surface area contributed by atoms with Gasteiger partial charge in [0, 0.05) is 38.4 Å². The Hall–Kier alpha value is -1.07. The van der Waals surface area contributed by atoms with Crippen LogP contribution in [0.3, 0.4) is 0 Å². The first-order valence-corrected chi connectivity index (χ1v) is 5.29. The number of hydrogen-bond donors (Lipinski definition) is 2. The van der Waals surface area contributed by atoms with Crippen molar-refractivity contribution in [1.82, 2.24) is 9.78 Å². The van der Waals surface area contributed by atoms with E-state index in [0.717, 1.165) is 37.3 Å². The fourth-order valence-electron chi connectivity index (χ4n) is 2.14. The summed E-state index contributed by atoms with van der Waals surface area (Å²) in [6.45, 7) is 1.85. The number of nitrogens with one attached hydrogen (secondary N) is 1. The fraction of sp³-hybridized carbons (Fsp3) is 0.700. The summed E-state index contributed by atoms with van der Waals surface area (Å²) in [5, 5.41) is 3.10. The van der Waals surface area contributed by atoms with Gasteiger partial charge in [0.15, 0.2) is 0 Å². The van der Waals surface area contributed by atoms with E-state index < -0.39 is 0 Å². The van der Waals surface area contributed by atoms with Gasteiger partial charge in [-0.3, -0.25) is 14.6 Å². The molecule has 0 spiro atoms. The van der Waals surface area contributed by atoms with Crippen LogP contribution in [0.5, 0.6) is 0 Å². The number of nitrogens with two attached hydrogens (primary N) is 1. The van der Waals surface area contributed by atoms with Gasteiger partial charge in [0.2, 0.25) is 0 Å². The third kappa shape index (κ3) is 1.85. The predicted molar refractivity (Wildman–Crippen MR) is 56.7 cm³/mol. The molecule has 0 unspecified atom stereocenters. The molecule has 3 N–H and O–H groups in total. The molecule has 2 heterocycles. The summed E-state index contributed by atoms with van der Waals surface area (Å²) in [4.78, 5) is 11.7. The Bertz CT molecular complexity index is 388. The molecule has 5 heteroatoms. The summed E-state index contributed by atoms with van der Waals surface area (Å²) < 4.78 is 6.81. The second-order valence-corrected chi connectivity index (χ2v) is 3.96. The number of aromatic amines is 1. The quantitative estimate of drug-likeness (QED) is 0.727. The van der Waals surface area contributed by atoms with E-state index in [1.807, 2.05) is 0 Å². The monoisotopic (exact) mass is 211 g/mol. The van der Waals surface area contributed by atoms with Crippen molar-refractivity contribution < 1.29 is 4.74 Å². The van der Waals surface area contributed by atoms with Crippen molar-refractivity contribution >= 4 is 0 Å². The number of aryl methyl sites for hydroxylation is 1. The van der Waals surface area contributed by atoms with Crippen molar-refractivity contribution in [3.05, 3.63) is 21.6 Å². The third-order valence-electron chi connectivity index (χ3n) is 3.01. The number of aromatic nitrogens is 2. The van der Waals surface area contributed by atoms with Gasteiger partial charge in [-0.2, -0.15) is 0 Å². The van der Waals surface area contributed by atoms with Gasteiger partial charge in [0.25, 0.3) is 5.56 Å². The molecule has 1 aliphatic heterocycles. The van der Waals surface area contributed by atoms with Crippen molar-refractivity contribution in [2.45, 2.75) is 25.3 Å². The highest BCUT2D eigenvalue weighted by molar-refractivity contribution is 5.21. The molecule has 0 amide bonds. The standard InChI is InChI=1S/C10H17N3O2/c1-13-10(14)8(6-11)9(12-13)7-2-4-15-5-3-7/h7,12H,2-6,11H2,1H3. The highest BCUT2D eigenvalue weighted by Crippen LogP contribution is 2.26. The van der Waals surface area contributed by atoms with Crippen LogP contribution in [0.25, 0.3) is 0 Å². The highest BCUT2D eigenvalue weighted by atomic mass is 16.5. The van der Waals surface area contributed by atoms with Crippen molar-refractivity contribution in [2.75, 3.05) is 13.2 Å². The van der Waals surface area contributed by atoms with E-state index in [9.17, 15) is 4.79 Å². The Labute approximate surface area is 88.2 Å². The van der Waals surface area contributed by atoms with E-state index in [1.54, 1.807) is 7.05 Å². The number of rotatable bonds is 2. The first-order chi connectivity index (χ1) is 7.24. The van der Waals surface area contributed by atoms with Crippen LogP contribution in [0.1, 0.15) is 30.0 Å². The molecule has 0 aliphatic carbocycles. The Morgan fingerprint density at radius 3 is 2.80 bits per heavy atom. The van der Waals surface area contributed by atoms with E-state index in [2.05, 4.69) is 5.10 Å². The molecule has 1 fully saturated rings. The van der Waals surface area contributed by atoms with Gasteiger partial charge >= 0.3 is 0 Å². The average Bonchev–Trinajstić information content (AvgIpc) is 2.56. The lowest BCUT2D eigenvalue weighted by Crippen LogP contribution is -2.19. The molecule has 0 bridgehead atoms. The normalized spacial score (nSPS) is 18.3. The smallest absolute Gasteiger partial charge is 0.270 e. The van der Waals surface area contributed by atoms with Crippen molar-refractivity contribution in [1.29, 1.82) is 0 Å². The van der Waals surface area contributed by atoms with Crippen LogP contribution in [0, 0.1) is 0 Å². The van der Waals surface area contributed by atoms with Crippen LogP contribution in [-0.2, 0) is 18.3 Å². The van der Waals surface area contributed by atoms with Crippen LogP contribution in [0.4, 0.5) is 0 Å². The van der Waals surface area contributed by atoms with E-state index >= 15 is 0 Å². The highest BCUT2D eigenvalue weighted by Gasteiger charge is 2.22. The second kappa shape index (κ2) is 4.20. The molecule has 5 nitrogen and oxygen atoms in total. The molecule has 0 radical (unpaired) electrons. The topological polar surface area (TPSA) is 73.0 Å². The molecule has 0 saturated carbocycles. The molecular weight excluding hydrogens is 194 g/mol. The lowest BCUT2D eigenvalue weighted by molar-refractivity contribution is 0.0842. The molecule has 15 heavy (non-hydrogen) atoms. The first-order valence-electron chi connectivity index (χ1n) is 5.29. The summed E-state index contributed by atoms with van der Waals surface area (Å²) in [6.07, 6.45) is 1.93. The lowest BCUT2D eigenvalue weighted by Gasteiger charge is -2.21. The van der Waals surface area contributed by atoms with Crippen LogP contribution < -0.4 is 11.3 Å². The summed E-state index contributed by atoms with van der Waals surface area (Å²) in [5.74, 6) is 0.395. The lowest BCUT2D eigenvalue weighted by atomic mass is 9.94. The zero-order chi connectivity index (χ0) is 10.8. The first kappa shape index (κ1) is 10.4. The minimum absolute atomic E-state index is 0.000933. The fourth-order valence-corrected chi connectivity index (χ4v) is 2.14. The van der Waals surface area contributed by atoms with Gasteiger partial charge < -0.3 is 10.5 Å². The van der Waals surface area contributed by atoms with Crippen LogP contribution >= 0.6 is 0 Å². The predicted octanol–water partition coefficient (Wildman–Crippen LogP) is 0.0661. The van der Waals surface area contributed by atoms with E-state index in [1.165, 1.54) is 4.68 Å². The SMILES string of the molecule is Cn1[nH]c(C2CCOCC2)c(CN)c1=O. The summed E-state index contributed by atoms with van der Waals surface area (Å²) >= 11 is 0. The molecule has 1 aromatic rings. The molecule has 1 saturated heterocycles. The number of hydrogen-bond acceptors (Lipinski definition) is 3. The Kier molecular flexibility index (Phi) is 2.93. The molecule has 0 aromatic carbocycles. The third-order valence-corrected chi connectivity index (χ3v) is 3.01. The maximum atomic E-state index is 11.7. The molecular formula is C10H17N3O2. The van der Waals surface area contributed by atoms with Crippen molar-refractivity contribution in [3.63, 3.8) is 0 Å². The Balaban J connectivity index is 2.33. The number of nitrogens with zero attached hydrogens (tertiary/aromatic N) is 1. The molecule has 2 rings (SSSR count). The zero-order valence-electron chi connectivity index (χ0n) is 8.95. The van der Waals surface area contributed by atoms with Crippen molar-refractivity contribution in [2.24, 2.45) is 12.8 Å². The second-order valence-electron chi connectivity index (χ2n) is 3.96. The maximum Gasteiger partial charge on any atom is 0.270 e. The summed E-state index contributed by atoms with van der Waals surface area (Å²) in [7, 11) is 1.73. The average molecular weight is 211 g/mol. The van der Waals surface area contributed by atoms with Gasteiger partial charge in [0.05, 0.1) is 5.56 Å². The van der Waals surface area contributed by atoms with Gasteiger partial charge in [-0.25, -0.2) is 0 Å². The van der Waals surface area contributed by atoms with Crippen LogP contribution in [-0.4, -0.2) is 23.0 Å². The number of ether oxygens (including phenoxy) is 1. The Morgan fingerprint density at radius 1 is 1.53 bits per heavy atom. The van der Waals surface area contributed by atoms with Gasteiger partial charge in [-0.05, 0) is 12.8 Å². The van der Waals surface area contributed by atoms with Gasteiger partial charge in [-0.15, -0.1) is 0 Å². The Morgan fingerprint density at radius 2 is 2.20 bits per heavy atom. The van der Waals surface area contributed by atoms with Gasteiger partial charge in [-0.1, -0.05) is 0 Å². The van der Waals surface area contributed by atoms with Crippen LogP contribution in [0.15, 0.2) is 4.79 Å². The minimum Gasteiger partial charge on any atom is -0.381 e. The summed E-state index contributed by atoms with van der Waals surface area (Å²) in [5.41, 5.74) is 7.34. The molecule has 1 aliphatic rings. The van der Waals surface area contributed by atoms with Crippen LogP contribution in [0.2, 0.25) is 0 Å². The summed E-state index contributed by atoms with van der Waals surface area (Å²) in [6, 6.07) is 0. The van der Waals surface area contributed by atoms with Crippen molar-refractivity contribution in [3.8, 4) is 0 Å². The number of H-pyrrole nitrogens is 1. The molecule has 0 atom stereocenters. The molecule has 1 aromatic heterocycles. The maximum absolute atomic E-state index is 11.7.